The first-order chi connectivity index (χ1) is 7.64. The fourth-order valence-electron chi connectivity index (χ4n) is 3.76. The second-order valence-electron chi connectivity index (χ2n) is 8.34. The topological polar surface area (TPSA) is 40.5 Å². The predicted molar refractivity (Wildman–Crippen MR) is 78.5 cm³/mol. The van der Waals surface area contributed by atoms with Crippen LogP contribution >= 0.6 is 0 Å². The molecule has 2 atom stereocenters. The molecule has 0 spiro atoms. The SMILES string of the molecule is CC(C)C(O)(C(C)(C)C)C(O)(C(C)C)C(C)(C)C. The van der Waals surface area contributed by atoms with E-state index < -0.39 is 22.0 Å². The van der Waals surface area contributed by atoms with Crippen molar-refractivity contribution in [1.29, 1.82) is 0 Å². The maximum absolute atomic E-state index is 11.4. The second kappa shape index (κ2) is 4.79. The van der Waals surface area contributed by atoms with Gasteiger partial charge in [0.1, 0.15) is 11.2 Å². The number of rotatable bonds is 3. The van der Waals surface area contributed by atoms with E-state index in [4.69, 9.17) is 0 Å². The molecule has 0 fully saturated rings. The van der Waals surface area contributed by atoms with Gasteiger partial charge in [0, 0.05) is 0 Å². The van der Waals surface area contributed by atoms with Crippen molar-refractivity contribution in [3.8, 4) is 0 Å². The quantitative estimate of drug-likeness (QED) is 0.807. The molecule has 2 nitrogen and oxygen atoms in total. The van der Waals surface area contributed by atoms with Gasteiger partial charge in [-0.05, 0) is 22.7 Å². The average Bonchev–Trinajstić information content (AvgIpc) is 2.10. The monoisotopic (exact) mass is 258 g/mol. The Morgan fingerprint density at radius 1 is 0.556 bits per heavy atom. The van der Waals surface area contributed by atoms with Gasteiger partial charge in [0.05, 0.1) is 0 Å². The lowest BCUT2D eigenvalue weighted by atomic mass is 9.51. The van der Waals surface area contributed by atoms with Crippen molar-refractivity contribution in [1.82, 2.24) is 0 Å². The Hall–Kier alpha value is -0.0800. The van der Waals surface area contributed by atoms with Gasteiger partial charge in [-0.3, -0.25) is 0 Å². The molecule has 0 aromatic rings. The molecule has 2 heteroatoms. The fourth-order valence-corrected chi connectivity index (χ4v) is 3.76. The number of aliphatic hydroxyl groups is 2. The van der Waals surface area contributed by atoms with Crippen LogP contribution in [0.3, 0.4) is 0 Å². The van der Waals surface area contributed by atoms with Crippen molar-refractivity contribution in [2.24, 2.45) is 22.7 Å². The van der Waals surface area contributed by atoms with Crippen molar-refractivity contribution in [3.05, 3.63) is 0 Å². The lowest BCUT2D eigenvalue weighted by molar-refractivity contribution is -0.282. The molecule has 0 rings (SSSR count). The molecular formula is C16H34O2. The summed E-state index contributed by atoms with van der Waals surface area (Å²) >= 11 is 0. The molecule has 0 aliphatic rings. The zero-order valence-corrected chi connectivity index (χ0v) is 14.0. The van der Waals surface area contributed by atoms with E-state index in [1.807, 2.05) is 69.2 Å². The molecule has 0 aliphatic heterocycles. The van der Waals surface area contributed by atoms with Gasteiger partial charge in [0.2, 0.25) is 0 Å². The van der Waals surface area contributed by atoms with E-state index in [0.717, 1.165) is 0 Å². The average molecular weight is 258 g/mol. The first-order valence-electron chi connectivity index (χ1n) is 7.08. The van der Waals surface area contributed by atoms with E-state index in [-0.39, 0.29) is 11.8 Å². The van der Waals surface area contributed by atoms with Gasteiger partial charge in [-0.15, -0.1) is 0 Å². The van der Waals surface area contributed by atoms with Crippen LogP contribution in [0, 0.1) is 22.7 Å². The Bertz CT molecular complexity index is 250. The highest BCUT2D eigenvalue weighted by molar-refractivity contribution is 5.14. The maximum Gasteiger partial charge on any atom is 0.101 e. The third kappa shape index (κ3) is 2.34. The molecule has 0 saturated carbocycles. The standard InChI is InChI=1S/C16H34O2/c1-11(2)15(17,13(5,6)7)16(18,12(3)4)14(8,9)10/h11-12,17-18H,1-10H3. The Morgan fingerprint density at radius 2 is 0.722 bits per heavy atom. The van der Waals surface area contributed by atoms with Gasteiger partial charge in [0.15, 0.2) is 0 Å². The summed E-state index contributed by atoms with van der Waals surface area (Å²) in [6, 6.07) is 0. The van der Waals surface area contributed by atoms with Crippen molar-refractivity contribution in [2.45, 2.75) is 80.4 Å². The smallest absolute Gasteiger partial charge is 0.101 e. The molecular weight excluding hydrogens is 224 g/mol. The lowest BCUT2D eigenvalue weighted by Crippen LogP contribution is -2.71. The van der Waals surface area contributed by atoms with E-state index in [0.29, 0.717) is 0 Å². The zero-order valence-electron chi connectivity index (χ0n) is 14.0. The Labute approximate surface area is 114 Å². The summed E-state index contributed by atoms with van der Waals surface area (Å²) in [5, 5.41) is 22.8. The molecule has 2 N–H and O–H groups in total. The van der Waals surface area contributed by atoms with Crippen LogP contribution in [0.25, 0.3) is 0 Å². The molecule has 0 aromatic carbocycles. The Balaban J connectivity index is 6.18. The molecule has 110 valence electrons. The van der Waals surface area contributed by atoms with Gasteiger partial charge < -0.3 is 10.2 Å². The van der Waals surface area contributed by atoms with Crippen LogP contribution in [0.2, 0.25) is 0 Å². The molecule has 0 amide bonds. The normalized spacial score (nSPS) is 21.0. The van der Waals surface area contributed by atoms with Crippen LogP contribution in [0.1, 0.15) is 69.2 Å². The Kier molecular flexibility index (Phi) is 4.77. The van der Waals surface area contributed by atoms with Crippen LogP contribution in [-0.2, 0) is 0 Å². The summed E-state index contributed by atoms with van der Waals surface area (Å²) in [6.07, 6.45) is 0. The van der Waals surface area contributed by atoms with E-state index >= 15 is 0 Å². The number of hydrogen-bond acceptors (Lipinski definition) is 2. The third-order valence-electron chi connectivity index (χ3n) is 4.54. The predicted octanol–water partition coefficient (Wildman–Crippen LogP) is 3.85. The molecule has 0 heterocycles. The van der Waals surface area contributed by atoms with Gasteiger partial charge in [-0.25, -0.2) is 0 Å². The van der Waals surface area contributed by atoms with E-state index in [2.05, 4.69) is 0 Å². The highest BCUT2D eigenvalue weighted by atomic mass is 16.4. The summed E-state index contributed by atoms with van der Waals surface area (Å²) in [6.45, 7) is 20.0. The Morgan fingerprint density at radius 3 is 0.778 bits per heavy atom. The molecule has 0 aliphatic carbocycles. The van der Waals surface area contributed by atoms with E-state index in [1.165, 1.54) is 0 Å². The highest BCUT2D eigenvalue weighted by Crippen LogP contribution is 2.54. The van der Waals surface area contributed by atoms with Gasteiger partial charge in [-0.2, -0.15) is 0 Å². The third-order valence-corrected chi connectivity index (χ3v) is 4.54. The van der Waals surface area contributed by atoms with Gasteiger partial charge in [0.25, 0.3) is 0 Å². The van der Waals surface area contributed by atoms with Crippen LogP contribution in [-0.4, -0.2) is 21.4 Å². The van der Waals surface area contributed by atoms with Crippen LogP contribution in [0.5, 0.6) is 0 Å². The molecule has 0 radical (unpaired) electrons. The lowest BCUT2D eigenvalue weighted by Gasteiger charge is -2.60. The van der Waals surface area contributed by atoms with Gasteiger partial charge in [-0.1, -0.05) is 69.2 Å². The first kappa shape index (κ1) is 17.9. The van der Waals surface area contributed by atoms with Crippen molar-refractivity contribution in [2.75, 3.05) is 0 Å². The van der Waals surface area contributed by atoms with Crippen LogP contribution in [0.15, 0.2) is 0 Å². The van der Waals surface area contributed by atoms with Crippen molar-refractivity contribution < 1.29 is 10.2 Å². The minimum absolute atomic E-state index is 0.0240. The van der Waals surface area contributed by atoms with E-state index in [9.17, 15) is 10.2 Å². The minimum atomic E-state index is -1.15. The molecule has 2 unspecified atom stereocenters. The van der Waals surface area contributed by atoms with Crippen molar-refractivity contribution in [3.63, 3.8) is 0 Å². The van der Waals surface area contributed by atoms with Crippen LogP contribution in [0.4, 0.5) is 0 Å². The highest BCUT2D eigenvalue weighted by Gasteiger charge is 2.63. The summed E-state index contributed by atoms with van der Waals surface area (Å²) in [4.78, 5) is 0. The summed E-state index contributed by atoms with van der Waals surface area (Å²) in [5.41, 5.74) is -3.08. The molecule has 18 heavy (non-hydrogen) atoms. The van der Waals surface area contributed by atoms with E-state index in [1.54, 1.807) is 0 Å². The van der Waals surface area contributed by atoms with Gasteiger partial charge >= 0.3 is 0 Å². The fraction of sp³-hybridized carbons (Fsp3) is 1.00. The number of hydrogen-bond donors (Lipinski definition) is 2. The minimum Gasteiger partial charge on any atom is -0.386 e. The largest absolute Gasteiger partial charge is 0.386 e. The van der Waals surface area contributed by atoms with Crippen molar-refractivity contribution >= 4 is 0 Å². The summed E-state index contributed by atoms with van der Waals surface area (Å²) < 4.78 is 0. The maximum atomic E-state index is 11.4. The van der Waals surface area contributed by atoms with Crippen LogP contribution < -0.4 is 0 Å². The molecule has 0 bridgehead atoms. The first-order valence-corrected chi connectivity index (χ1v) is 7.08. The summed E-state index contributed by atoms with van der Waals surface area (Å²) in [7, 11) is 0. The summed E-state index contributed by atoms with van der Waals surface area (Å²) in [5.74, 6) is -0.0479. The molecule has 0 saturated heterocycles. The second-order valence-corrected chi connectivity index (χ2v) is 8.34. The zero-order chi connectivity index (χ0) is 15.2. The molecule has 0 aromatic heterocycles.